The molecule has 1 N–H and O–H groups in total. The van der Waals surface area contributed by atoms with Crippen LogP contribution in [0, 0.1) is 0 Å². The summed E-state index contributed by atoms with van der Waals surface area (Å²) in [5, 5.41) is 3.76. The van der Waals surface area contributed by atoms with Gasteiger partial charge in [0.05, 0.1) is 13.7 Å². The van der Waals surface area contributed by atoms with Crippen molar-refractivity contribution in [3.63, 3.8) is 0 Å². The lowest BCUT2D eigenvalue weighted by Gasteiger charge is -2.11. The van der Waals surface area contributed by atoms with E-state index in [1.807, 2.05) is 48.5 Å². The fraction of sp³-hybridized carbons (Fsp3) is 0.158. The number of hydrogen-bond acceptors (Lipinski definition) is 4. The number of nitrogens with one attached hydrogen (secondary N) is 1. The van der Waals surface area contributed by atoms with Crippen LogP contribution >= 0.6 is 11.6 Å². The molecule has 0 bridgehead atoms. The first-order valence-electron chi connectivity index (χ1n) is 7.83. The molecule has 1 heterocycles. The molecule has 0 atom stereocenters. The van der Waals surface area contributed by atoms with Crippen molar-refractivity contribution in [3.8, 4) is 5.75 Å². The lowest BCUT2D eigenvalue weighted by molar-refractivity contribution is 0.410. The average molecular weight is 356 g/mol. The molecule has 0 spiro atoms. The monoisotopic (exact) mass is 355 g/mol. The number of halogens is 1. The highest BCUT2D eigenvalue weighted by atomic mass is 35.5. The highest BCUT2D eigenvalue weighted by molar-refractivity contribution is 6.30. The number of rotatable bonds is 6. The van der Waals surface area contributed by atoms with Gasteiger partial charge < -0.3 is 14.6 Å². The third-order valence-electron chi connectivity index (χ3n) is 3.82. The van der Waals surface area contributed by atoms with Crippen molar-refractivity contribution in [2.45, 2.75) is 13.1 Å². The number of anilines is 1. The Morgan fingerprint density at radius 2 is 1.92 bits per heavy atom. The summed E-state index contributed by atoms with van der Waals surface area (Å²) in [6.45, 7) is 0.916. The topological polar surface area (TPSA) is 56.1 Å². The number of benzene rings is 2. The Hall–Kier alpha value is -2.79. The number of hydrogen-bond donors (Lipinski definition) is 1. The van der Waals surface area contributed by atoms with E-state index in [9.17, 15) is 4.79 Å². The minimum atomic E-state index is -0.174. The van der Waals surface area contributed by atoms with E-state index in [0.29, 0.717) is 23.9 Å². The Labute approximate surface area is 150 Å². The van der Waals surface area contributed by atoms with Crippen LogP contribution in [0.3, 0.4) is 0 Å². The molecule has 2 aromatic carbocycles. The zero-order chi connectivity index (χ0) is 17.6. The Balaban J connectivity index is 1.77. The molecular weight excluding hydrogens is 338 g/mol. The predicted octanol–water partition coefficient (Wildman–Crippen LogP) is 3.57. The third kappa shape index (κ3) is 4.19. The number of para-hydroxylation sites is 1. The molecule has 0 saturated heterocycles. The van der Waals surface area contributed by atoms with Gasteiger partial charge in [0.1, 0.15) is 5.75 Å². The second kappa shape index (κ2) is 7.85. The van der Waals surface area contributed by atoms with Gasteiger partial charge in [-0.1, -0.05) is 41.9 Å². The van der Waals surface area contributed by atoms with Gasteiger partial charge in [0.2, 0.25) is 0 Å². The Morgan fingerprint density at radius 3 is 2.68 bits per heavy atom. The summed E-state index contributed by atoms with van der Waals surface area (Å²) in [6, 6.07) is 15.1. The number of methoxy groups -OCH3 is 1. The van der Waals surface area contributed by atoms with E-state index in [2.05, 4.69) is 10.3 Å². The van der Waals surface area contributed by atoms with Crippen LogP contribution in [0.5, 0.6) is 5.75 Å². The smallest absolute Gasteiger partial charge is 0.293 e. The van der Waals surface area contributed by atoms with E-state index in [4.69, 9.17) is 16.3 Å². The van der Waals surface area contributed by atoms with Gasteiger partial charge in [0.25, 0.3) is 5.56 Å². The van der Waals surface area contributed by atoms with E-state index >= 15 is 0 Å². The van der Waals surface area contributed by atoms with Crippen molar-refractivity contribution in [1.82, 2.24) is 9.55 Å². The van der Waals surface area contributed by atoms with Gasteiger partial charge in [0, 0.05) is 29.5 Å². The standard InChI is InChI=1S/C19H18ClN3O2/c1-25-17-5-3-2-4-15(17)12-22-18-19(24)23(11-10-21-18)13-14-6-8-16(20)9-7-14/h2-11H,12-13H2,1H3,(H,21,22). The zero-order valence-electron chi connectivity index (χ0n) is 13.8. The first-order chi connectivity index (χ1) is 12.2. The molecule has 3 rings (SSSR count). The van der Waals surface area contributed by atoms with E-state index in [-0.39, 0.29) is 5.56 Å². The van der Waals surface area contributed by atoms with Crippen LogP contribution in [0.1, 0.15) is 11.1 Å². The van der Waals surface area contributed by atoms with E-state index < -0.39 is 0 Å². The second-order valence-corrected chi connectivity index (χ2v) is 5.94. The van der Waals surface area contributed by atoms with Gasteiger partial charge >= 0.3 is 0 Å². The second-order valence-electron chi connectivity index (χ2n) is 5.50. The quantitative estimate of drug-likeness (QED) is 0.734. The first-order valence-corrected chi connectivity index (χ1v) is 8.21. The molecule has 0 aliphatic rings. The van der Waals surface area contributed by atoms with Gasteiger partial charge in [-0.3, -0.25) is 4.79 Å². The normalized spacial score (nSPS) is 10.5. The van der Waals surface area contributed by atoms with Crippen molar-refractivity contribution < 1.29 is 4.74 Å². The van der Waals surface area contributed by atoms with Gasteiger partial charge in [-0.2, -0.15) is 0 Å². The van der Waals surface area contributed by atoms with E-state index in [1.165, 1.54) is 0 Å². The van der Waals surface area contributed by atoms with Crippen LogP contribution in [0.25, 0.3) is 0 Å². The van der Waals surface area contributed by atoms with Crippen molar-refractivity contribution >= 4 is 17.4 Å². The van der Waals surface area contributed by atoms with Gasteiger partial charge in [-0.05, 0) is 23.8 Å². The summed E-state index contributed by atoms with van der Waals surface area (Å²) in [5.74, 6) is 1.08. The maximum Gasteiger partial charge on any atom is 0.293 e. The van der Waals surface area contributed by atoms with Crippen LogP contribution in [0.4, 0.5) is 5.82 Å². The Bertz CT molecular complexity index is 907. The van der Waals surface area contributed by atoms with Gasteiger partial charge in [-0.25, -0.2) is 4.98 Å². The largest absolute Gasteiger partial charge is 0.496 e. The summed E-state index contributed by atoms with van der Waals surface area (Å²) in [5.41, 5.74) is 1.78. The minimum absolute atomic E-state index is 0.174. The fourth-order valence-corrected chi connectivity index (χ4v) is 2.63. The van der Waals surface area contributed by atoms with E-state index in [1.54, 1.807) is 24.1 Å². The van der Waals surface area contributed by atoms with Crippen LogP contribution in [0.2, 0.25) is 5.02 Å². The van der Waals surface area contributed by atoms with Crippen LogP contribution in [0.15, 0.2) is 65.7 Å². The van der Waals surface area contributed by atoms with Crippen LogP contribution in [-0.2, 0) is 13.1 Å². The molecule has 25 heavy (non-hydrogen) atoms. The number of nitrogens with zero attached hydrogens (tertiary/aromatic N) is 2. The zero-order valence-corrected chi connectivity index (χ0v) is 14.5. The molecule has 3 aromatic rings. The highest BCUT2D eigenvalue weighted by Crippen LogP contribution is 2.17. The lowest BCUT2D eigenvalue weighted by atomic mass is 10.2. The molecular formula is C19H18ClN3O2. The van der Waals surface area contributed by atoms with Crippen molar-refractivity contribution in [3.05, 3.63) is 87.4 Å². The maximum absolute atomic E-state index is 12.6. The van der Waals surface area contributed by atoms with Gasteiger partial charge in [-0.15, -0.1) is 0 Å². The van der Waals surface area contributed by atoms with Crippen molar-refractivity contribution in [2.75, 3.05) is 12.4 Å². The molecule has 0 fully saturated rings. The van der Waals surface area contributed by atoms with Crippen molar-refractivity contribution in [1.29, 1.82) is 0 Å². The third-order valence-corrected chi connectivity index (χ3v) is 4.07. The number of ether oxygens (including phenoxy) is 1. The summed E-state index contributed by atoms with van der Waals surface area (Å²) in [4.78, 5) is 16.8. The molecule has 0 unspecified atom stereocenters. The summed E-state index contributed by atoms with van der Waals surface area (Å²) < 4.78 is 6.93. The summed E-state index contributed by atoms with van der Waals surface area (Å²) >= 11 is 5.90. The minimum Gasteiger partial charge on any atom is -0.496 e. The summed E-state index contributed by atoms with van der Waals surface area (Å²) in [7, 11) is 1.62. The lowest BCUT2D eigenvalue weighted by Crippen LogP contribution is -2.24. The fourth-order valence-electron chi connectivity index (χ4n) is 2.51. The predicted molar refractivity (Wildman–Crippen MR) is 99.4 cm³/mol. The summed E-state index contributed by atoms with van der Waals surface area (Å²) in [6.07, 6.45) is 3.28. The molecule has 0 aliphatic carbocycles. The molecule has 0 radical (unpaired) electrons. The Kier molecular flexibility index (Phi) is 5.36. The molecule has 6 heteroatoms. The maximum atomic E-state index is 12.6. The first kappa shape index (κ1) is 17.0. The molecule has 5 nitrogen and oxygen atoms in total. The highest BCUT2D eigenvalue weighted by Gasteiger charge is 2.07. The average Bonchev–Trinajstić information content (AvgIpc) is 2.64. The molecule has 1 aromatic heterocycles. The molecule has 0 amide bonds. The molecule has 128 valence electrons. The SMILES string of the molecule is COc1ccccc1CNc1nccn(Cc2ccc(Cl)cc2)c1=O. The number of aromatic nitrogens is 2. The van der Waals surface area contributed by atoms with Gasteiger partial charge in [0.15, 0.2) is 5.82 Å². The van der Waals surface area contributed by atoms with Crippen molar-refractivity contribution in [2.24, 2.45) is 0 Å². The van der Waals surface area contributed by atoms with E-state index in [0.717, 1.165) is 16.9 Å². The van der Waals surface area contributed by atoms with Crippen LogP contribution < -0.4 is 15.6 Å². The van der Waals surface area contributed by atoms with Crippen LogP contribution in [-0.4, -0.2) is 16.7 Å². The molecule has 0 aliphatic heterocycles. The molecule has 0 saturated carbocycles. The Morgan fingerprint density at radius 1 is 1.16 bits per heavy atom.